The molecule has 0 atom stereocenters. The molecule has 0 spiro atoms. The van der Waals surface area contributed by atoms with E-state index in [1.165, 1.54) is 18.9 Å². The van der Waals surface area contributed by atoms with Crippen molar-refractivity contribution in [3.63, 3.8) is 0 Å². The van der Waals surface area contributed by atoms with Crippen LogP contribution in [-0.4, -0.2) is 13.8 Å². The van der Waals surface area contributed by atoms with E-state index in [9.17, 15) is 0 Å². The minimum Gasteiger partial charge on any atom is -0.377 e. The van der Waals surface area contributed by atoms with Crippen LogP contribution in [0, 0.1) is 0 Å². The van der Waals surface area contributed by atoms with Crippen LogP contribution in [0.1, 0.15) is 19.8 Å². The van der Waals surface area contributed by atoms with Crippen molar-refractivity contribution < 1.29 is 4.74 Å². The van der Waals surface area contributed by atoms with Crippen molar-refractivity contribution in [2.75, 3.05) is 13.2 Å². The molecule has 0 saturated carbocycles. The van der Waals surface area contributed by atoms with Crippen molar-refractivity contribution in [1.82, 2.24) is 0 Å². The van der Waals surface area contributed by atoms with E-state index in [0.717, 1.165) is 18.8 Å². The second-order valence-electron chi connectivity index (χ2n) is 3.08. The average molecular weight is 536 g/mol. The van der Waals surface area contributed by atoms with Crippen LogP contribution in [0.5, 0.6) is 0 Å². The van der Waals surface area contributed by atoms with E-state index < -0.39 is 0.564 Å². The molecule has 0 unspecified atom stereocenters. The molecule has 78 valence electrons. The molecule has 5 heteroatoms. The topological polar surface area (TPSA) is 9.23 Å². The molecule has 0 aliphatic heterocycles. The van der Waals surface area contributed by atoms with Crippen LogP contribution in [0.2, 0.25) is 6.04 Å². The molecule has 0 saturated heterocycles. The molecule has 1 nitrogen and oxygen atoms in total. The number of hydrogen-bond acceptors (Lipinski definition) is 1. The summed E-state index contributed by atoms with van der Waals surface area (Å²) < 4.78 is 4.52. The van der Waals surface area contributed by atoms with Crippen molar-refractivity contribution in [2.24, 2.45) is 0 Å². The van der Waals surface area contributed by atoms with Gasteiger partial charge in [-0.25, -0.2) is 0 Å². The smallest absolute Gasteiger partial charge is 0.253 e. The standard InChI is InChI=1S/C8H15I3OSi/c1-8(2)7-12-5-3-4-6-13(9,10)11/h1,3-7H2,2H3. The maximum absolute atomic E-state index is 5.42. The van der Waals surface area contributed by atoms with Gasteiger partial charge in [0.25, 0.3) is 0.564 Å². The van der Waals surface area contributed by atoms with Crippen molar-refractivity contribution in [1.29, 1.82) is 0 Å². The first-order valence-corrected chi connectivity index (χ1v) is 15.8. The second-order valence-corrected chi connectivity index (χ2v) is 40.0. The lowest BCUT2D eigenvalue weighted by atomic mass is 10.3. The van der Waals surface area contributed by atoms with E-state index in [-0.39, 0.29) is 0 Å². The Kier molecular flexibility index (Phi) is 9.62. The summed E-state index contributed by atoms with van der Waals surface area (Å²) in [5.74, 6) is 0. The Morgan fingerprint density at radius 3 is 2.38 bits per heavy atom. The number of unbranched alkanes of at least 4 members (excludes halogenated alkanes) is 1. The van der Waals surface area contributed by atoms with Gasteiger partial charge in [-0.2, -0.15) is 0 Å². The molecule has 13 heavy (non-hydrogen) atoms. The molecular formula is C8H15I3OSi. The molecular weight excluding hydrogens is 521 g/mol. The lowest BCUT2D eigenvalue weighted by molar-refractivity contribution is 0.153. The third kappa shape index (κ3) is 14.1. The van der Waals surface area contributed by atoms with Crippen LogP contribution in [0.4, 0.5) is 0 Å². The summed E-state index contributed by atoms with van der Waals surface area (Å²) in [6, 6.07) is 1.38. The zero-order chi connectivity index (χ0) is 10.3. The molecule has 0 bridgehead atoms. The minimum absolute atomic E-state index is 0.723. The molecule has 0 aliphatic carbocycles. The monoisotopic (exact) mass is 536 g/mol. The van der Waals surface area contributed by atoms with Gasteiger partial charge in [0, 0.05) is 6.61 Å². The van der Waals surface area contributed by atoms with Crippen LogP contribution in [0.25, 0.3) is 0 Å². The van der Waals surface area contributed by atoms with E-state index in [2.05, 4.69) is 72.0 Å². The number of ether oxygens (including phenoxy) is 1. The lowest BCUT2D eigenvalue weighted by Crippen LogP contribution is -2.05. The molecule has 0 N–H and O–H groups in total. The van der Waals surface area contributed by atoms with E-state index in [1.54, 1.807) is 0 Å². The Balaban J connectivity index is 3.13. The molecule has 0 aromatic heterocycles. The molecule has 0 rings (SSSR count). The van der Waals surface area contributed by atoms with Gasteiger partial charge in [0.05, 0.1) is 6.61 Å². The first kappa shape index (κ1) is 15.1. The van der Waals surface area contributed by atoms with Gasteiger partial charge in [-0.3, -0.25) is 0 Å². The Hall–Kier alpha value is 2.11. The largest absolute Gasteiger partial charge is 0.377 e. The predicted molar refractivity (Wildman–Crippen MR) is 87.5 cm³/mol. The normalized spacial score (nSPS) is 11.7. The zero-order valence-corrected chi connectivity index (χ0v) is 15.3. The summed E-state index contributed by atoms with van der Waals surface area (Å²) >= 11 is 7.82. The first-order chi connectivity index (χ1) is 5.92. The third-order valence-electron chi connectivity index (χ3n) is 1.35. The zero-order valence-electron chi connectivity index (χ0n) is 7.78. The molecule has 0 heterocycles. The van der Waals surface area contributed by atoms with Gasteiger partial charge in [0.1, 0.15) is 0 Å². The van der Waals surface area contributed by atoms with Crippen LogP contribution in [-0.2, 0) is 4.74 Å². The summed E-state index contributed by atoms with van der Waals surface area (Å²) in [7, 11) is 0. The van der Waals surface area contributed by atoms with Gasteiger partial charge in [0.2, 0.25) is 0 Å². The molecule has 0 radical (unpaired) electrons. The molecule has 0 aromatic carbocycles. The first-order valence-electron chi connectivity index (χ1n) is 4.20. The summed E-state index contributed by atoms with van der Waals surface area (Å²) in [4.78, 5) is 0. The fraction of sp³-hybridized carbons (Fsp3) is 0.750. The highest BCUT2D eigenvalue weighted by Gasteiger charge is 2.20. The number of halogens is 3. The summed E-state index contributed by atoms with van der Waals surface area (Å²) in [5, 5.41) is 0. The van der Waals surface area contributed by atoms with Gasteiger partial charge >= 0.3 is 0 Å². The van der Waals surface area contributed by atoms with Gasteiger partial charge in [0.15, 0.2) is 0 Å². The highest BCUT2D eigenvalue weighted by molar-refractivity contribution is 14.4. The van der Waals surface area contributed by atoms with Gasteiger partial charge in [-0.15, -0.1) is 0 Å². The molecule has 0 aromatic rings. The fourth-order valence-corrected chi connectivity index (χ4v) is 4.86. The van der Waals surface area contributed by atoms with E-state index in [0.29, 0.717) is 0 Å². The SMILES string of the molecule is C=C(C)COCCCC[Si](I)(I)I. The average Bonchev–Trinajstić information content (AvgIpc) is 1.93. The van der Waals surface area contributed by atoms with Gasteiger partial charge in [-0.1, -0.05) is 84.0 Å². The van der Waals surface area contributed by atoms with Crippen molar-refractivity contribution in [3.8, 4) is 0 Å². The third-order valence-corrected chi connectivity index (χ3v) is 7.12. The van der Waals surface area contributed by atoms with Crippen molar-refractivity contribution >= 4 is 66.0 Å². The van der Waals surface area contributed by atoms with Crippen LogP contribution >= 0.6 is 65.4 Å². The highest BCUT2D eigenvalue weighted by Crippen LogP contribution is 2.35. The second kappa shape index (κ2) is 8.28. The van der Waals surface area contributed by atoms with Crippen LogP contribution in [0.3, 0.4) is 0 Å². The quantitative estimate of drug-likeness (QED) is 0.152. The Labute approximate surface area is 120 Å². The highest BCUT2D eigenvalue weighted by atomic mass is 127. The predicted octanol–water partition coefficient (Wildman–Crippen LogP) is 4.60. The Morgan fingerprint density at radius 1 is 1.31 bits per heavy atom. The van der Waals surface area contributed by atoms with E-state index in [1.807, 2.05) is 6.92 Å². The molecule has 0 fully saturated rings. The van der Waals surface area contributed by atoms with Crippen molar-refractivity contribution in [2.45, 2.75) is 25.8 Å². The van der Waals surface area contributed by atoms with E-state index >= 15 is 0 Å². The summed E-state index contributed by atoms with van der Waals surface area (Å²) in [6.07, 6.45) is 2.49. The number of rotatable bonds is 7. The van der Waals surface area contributed by atoms with E-state index in [4.69, 9.17) is 4.74 Å². The fourth-order valence-electron chi connectivity index (χ4n) is 0.776. The Bertz CT molecular complexity index is 156. The Morgan fingerprint density at radius 2 is 1.92 bits per heavy atom. The maximum atomic E-state index is 5.42. The van der Waals surface area contributed by atoms with Crippen LogP contribution < -0.4 is 0 Å². The lowest BCUT2D eigenvalue weighted by Gasteiger charge is -2.08. The van der Waals surface area contributed by atoms with Gasteiger partial charge in [-0.05, 0) is 19.4 Å². The minimum atomic E-state index is -0.902. The summed E-state index contributed by atoms with van der Waals surface area (Å²) in [6.45, 7) is 7.40. The summed E-state index contributed by atoms with van der Waals surface area (Å²) in [5.41, 5.74) is 1.11. The van der Waals surface area contributed by atoms with Crippen molar-refractivity contribution in [3.05, 3.63) is 12.2 Å². The van der Waals surface area contributed by atoms with Gasteiger partial charge < -0.3 is 4.74 Å². The molecule has 0 aliphatic rings. The van der Waals surface area contributed by atoms with Crippen LogP contribution in [0.15, 0.2) is 12.2 Å². The number of hydrogen-bond donors (Lipinski definition) is 0. The maximum Gasteiger partial charge on any atom is 0.253 e. The molecule has 0 amide bonds.